The van der Waals surface area contributed by atoms with Crippen molar-refractivity contribution in [3.63, 3.8) is 0 Å². The molecular formula is C10H21NO. The minimum atomic E-state index is 0.210. The molecule has 0 spiro atoms. The average Bonchev–Trinajstić information content (AvgIpc) is 2.11. The van der Waals surface area contributed by atoms with Crippen molar-refractivity contribution in [3.8, 4) is 0 Å². The van der Waals surface area contributed by atoms with Crippen LogP contribution in [-0.2, 0) is 4.79 Å². The van der Waals surface area contributed by atoms with E-state index in [0.717, 1.165) is 12.8 Å². The Bertz CT molecular complexity index is 134. The molecule has 0 aromatic heterocycles. The van der Waals surface area contributed by atoms with Crippen LogP contribution in [0, 0.1) is 5.92 Å². The Kier molecular flexibility index (Phi) is 5.99. The summed E-state index contributed by atoms with van der Waals surface area (Å²) in [5.41, 5.74) is 0. The third-order valence-corrected chi connectivity index (χ3v) is 2.40. The number of nitrogens with one attached hydrogen (secondary N) is 1. The summed E-state index contributed by atoms with van der Waals surface area (Å²) in [6, 6.07) is 0.456. The summed E-state index contributed by atoms with van der Waals surface area (Å²) in [6.45, 7) is 8.78. The van der Waals surface area contributed by atoms with Gasteiger partial charge in [-0.2, -0.15) is 0 Å². The molecule has 2 atom stereocenters. The molecule has 0 heterocycles. The van der Waals surface area contributed by atoms with Gasteiger partial charge >= 0.3 is 0 Å². The molecule has 0 aliphatic rings. The summed E-state index contributed by atoms with van der Waals surface area (Å²) >= 11 is 0. The van der Waals surface area contributed by atoms with Crippen LogP contribution in [0.25, 0.3) is 0 Å². The van der Waals surface area contributed by atoms with Gasteiger partial charge in [0.1, 0.15) is 5.78 Å². The Morgan fingerprint density at radius 3 is 2.25 bits per heavy atom. The number of carbonyl (C=O) groups excluding carboxylic acids is 1. The van der Waals surface area contributed by atoms with Crippen molar-refractivity contribution in [2.24, 2.45) is 5.92 Å². The van der Waals surface area contributed by atoms with Crippen molar-refractivity contribution in [1.29, 1.82) is 0 Å². The highest BCUT2D eigenvalue weighted by molar-refractivity contribution is 5.82. The molecule has 2 heteroatoms. The molecule has 0 aromatic rings. The largest absolute Gasteiger partial charge is 0.308 e. The molecule has 0 radical (unpaired) electrons. The fraction of sp³-hybridized carbons (Fsp3) is 0.900. The molecule has 1 N–H and O–H groups in total. The van der Waals surface area contributed by atoms with Crippen molar-refractivity contribution in [2.75, 3.05) is 6.54 Å². The number of hydrogen-bond acceptors (Lipinski definition) is 2. The van der Waals surface area contributed by atoms with Gasteiger partial charge in [-0.3, -0.25) is 4.79 Å². The first-order valence-electron chi connectivity index (χ1n) is 4.87. The van der Waals surface area contributed by atoms with Crippen molar-refractivity contribution in [3.05, 3.63) is 0 Å². The molecule has 2 unspecified atom stereocenters. The number of carbonyl (C=O) groups is 1. The number of rotatable bonds is 6. The molecule has 72 valence electrons. The smallest absolute Gasteiger partial charge is 0.149 e. The van der Waals surface area contributed by atoms with Gasteiger partial charge in [0.2, 0.25) is 0 Å². The van der Waals surface area contributed by atoms with E-state index < -0.39 is 0 Å². The van der Waals surface area contributed by atoms with E-state index >= 15 is 0 Å². The molecule has 0 saturated carbocycles. The van der Waals surface area contributed by atoms with Gasteiger partial charge in [-0.25, -0.2) is 0 Å². The zero-order chi connectivity index (χ0) is 9.56. The van der Waals surface area contributed by atoms with Crippen LogP contribution in [0.1, 0.15) is 40.5 Å². The van der Waals surface area contributed by atoms with E-state index in [1.54, 1.807) is 0 Å². The first kappa shape index (κ1) is 11.6. The van der Waals surface area contributed by atoms with Crippen molar-refractivity contribution < 1.29 is 4.79 Å². The standard InChI is InChI=1S/C10H21NO/c1-5-8(3)10(12)7-11-9(4)6-2/h8-9,11H,5-7H2,1-4H3. The maximum absolute atomic E-state index is 11.3. The second-order valence-electron chi connectivity index (χ2n) is 3.47. The molecule has 12 heavy (non-hydrogen) atoms. The van der Waals surface area contributed by atoms with Gasteiger partial charge in [-0.05, 0) is 19.8 Å². The summed E-state index contributed by atoms with van der Waals surface area (Å²) in [6.07, 6.45) is 2.02. The van der Waals surface area contributed by atoms with Crippen molar-refractivity contribution >= 4 is 5.78 Å². The van der Waals surface area contributed by atoms with E-state index in [2.05, 4.69) is 19.2 Å². The lowest BCUT2D eigenvalue weighted by molar-refractivity contribution is -0.121. The summed E-state index contributed by atoms with van der Waals surface area (Å²) in [7, 11) is 0. The minimum absolute atomic E-state index is 0.210. The predicted molar refractivity (Wildman–Crippen MR) is 52.2 cm³/mol. The fourth-order valence-electron chi connectivity index (χ4n) is 0.821. The third-order valence-electron chi connectivity index (χ3n) is 2.40. The molecule has 0 bridgehead atoms. The quantitative estimate of drug-likeness (QED) is 0.662. The van der Waals surface area contributed by atoms with E-state index in [-0.39, 0.29) is 5.92 Å². The van der Waals surface area contributed by atoms with Crippen LogP contribution in [-0.4, -0.2) is 18.4 Å². The van der Waals surface area contributed by atoms with Gasteiger partial charge in [0, 0.05) is 12.0 Å². The van der Waals surface area contributed by atoms with Crippen LogP contribution in [0.4, 0.5) is 0 Å². The van der Waals surface area contributed by atoms with Crippen LogP contribution in [0.3, 0.4) is 0 Å². The summed E-state index contributed by atoms with van der Waals surface area (Å²) in [4.78, 5) is 11.3. The zero-order valence-corrected chi connectivity index (χ0v) is 8.68. The van der Waals surface area contributed by atoms with E-state index in [1.165, 1.54) is 0 Å². The minimum Gasteiger partial charge on any atom is -0.308 e. The summed E-state index contributed by atoms with van der Waals surface area (Å²) < 4.78 is 0. The van der Waals surface area contributed by atoms with Gasteiger partial charge in [-0.1, -0.05) is 20.8 Å². The van der Waals surface area contributed by atoms with Crippen LogP contribution in [0.15, 0.2) is 0 Å². The SMILES string of the molecule is CCC(C)NCC(=O)C(C)CC. The Balaban J connectivity index is 3.56. The van der Waals surface area contributed by atoms with Crippen molar-refractivity contribution in [2.45, 2.75) is 46.6 Å². The van der Waals surface area contributed by atoms with Gasteiger partial charge < -0.3 is 5.32 Å². The average molecular weight is 171 g/mol. The molecule has 0 saturated heterocycles. The molecule has 0 aliphatic heterocycles. The maximum atomic E-state index is 11.3. The Morgan fingerprint density at radius 1 is 1.25 bits per heavy atom. The van der Waals surface area contributed by atoms with Gasteiger partial charge in [0.25, 0.3) is 0 Å². The third kappa shape index (κ3) is 4.50. The molecule has 0 fully saturated rings. The van der Waals surface area contributed by atoms with E-state index in [4.69, 9.17) is 0 Å². The second kappa shape index (κ2) is 6.18. The Hall–Kier alpha value is -0.370. The number of ketones is 1. The Labute approximate surface area is 75.7 Å². The highest BCUT2D eigenvalue weighted by atomic mass is 16.1. The zero-order valence-electron chi connectivity index (χ0n) is 8.68. The predicted octanol–water partition coefficient (Wildman–Crippen LogP) is 1.99. The molecule has 0 aliphatic carbocycles. The highest BCUT2D eigenvalue weighted by Crippen LogP contribution is 2.01. The van der Waals surface area contributed by atoms with Crippen LogP contribution < -0.4 is 5.32 Å². The first-order chi connectivity index (χ1) is 5.61. The molecule has 0 rings (SSSR count). The highest BCUT2D eigenvalue weighted by Gasteiger charge is 2.10. The van der Waals surface area contributed by atoms with Gasteiger partial charge in [-0.15, -0.1) is 0 Å². The number of Topliss-reactive ketones (excluding diaryl/α,β-unsaturated/α-hetero) is 1. The summed E-state index contributed by atoms with van der Waals surface area (Å²) in [5.74, 6) is 0.541. The van der Waals surface area contributed by atoms with Gasteiger partial charge in [0.15, 0.2) is 0 Å². The van der Waals surface area contributed by atoms with Crippen LogP contribution >= 0.6 is 0 Å². The Morgan fingerprint density at radius 2 is 1.83 bits per heavy atom. The van der Waals surface area contributed by atoms with Gasteiger partial charge in [0.05, 0.1) is 6.54 Å². The normalized spacial score (nSPS) is 15.7. The topological polar surface area (TPSA) is 29.1 Å². The lowest BCUT2D eigenvalue weighted by Gasteiger charge is -2.12. The lowest BCUT2D eigenvalue weighted by atomic mass is 10.0. The van der Waals surface area contributed by atoms with Crippen LogP contribution in [0.5, 0.6) is 0 Å². The summed E-state index contributed by atoms with van der Waals surface area (Å²) in [5, 5.41) is 3.20. The second-order valence-corrected chi connectivity index (χ2v) is 3.47. The molecule has 0 amide bonds. The van der Waals surface area contributed by atoms with E-state index in [0.29, 0.717) is 18.4 Å². The van der Waals surface area contributed by atoms with E-state index in [9.17, 15) is 4.79 Å². The van der Waals surface area contributed by atoms with Crippen molar-refractivity contribution in [1.82, 2.24) is 5.32 Å². The van der Waals surface area contributed by atoms with Crippen LogP contribution in [0.2, 0.25) is 0 Å². The number of hydrogen-bond donors (Lipinski definition) is 1. The maximum Gasteiger partial charge on any atom is 0.149 e. The fourth-order valence-corrected chi connectivity index (χ4v) is 0.821. The van der Waals surface area contributed by atoms with E-state index in [1.807, 2.05) is 13.8 Å². The molecule has 2 nitrogen and oxygen atoms in total. The first-order valence-corrected chi connectivity index (χ1v) is 4.87. The monoisotopic (exact) mass is 171 g/mol. The lowest BCUT2D eigenvalue weighted by Crippen LogP contribution is -2.33. The molecular weight excluding hydrogens is 150 g/mol. The molecule has 0 aromatic carbocycles.